The van der Waals surface area contributed by atoms with E-state index in [1.807, 2.05) is 0 Å². The average molecular weight is 294 g/mol. The molecule has 2 fully saturated rings. The van der Waals surface area contributed by atoms with Crippen LogP contribution in [0.4, 0.5) is 0 Å². The first kappa shape index (κ1) is 13.8. The minimum Gasteiger partial charge on any atom is -0.353 e. The zero-order valence-corrected chi connectivity index (χ0v) is 12.7. The Morgan fingerprint density at radius 1 is 1.05 bits per heavy atom. The lowest BCUT2D eigenvalue weighted by atomic mass is 10.0. The van der Waals surface area contributed by atoms with E-state index in [0.29, 0.717) is 12.0 Å². The molecule has 1 aliphatic carbocycles. The summed E-state index contributed by atoms with van der Waals surface area (Å²) in [7, 11) is 0. The molecule has 0 radical (unpaired) electrons. The van der Waals surface area contributed by atoms with Crippen molar-refractivity contribution in [2.24, 2.45) is 5.92 Å². The molecule has 2 atom stereocenters. The Balaban J connectivity index is 1.42. The second kappa shape index (κ2) is 5.73. The summed E-state index contributed by atoms with van der Waals surface area (Å²) < 4.78 is 0. The molecule has 114 valence electrons. The molecule has 0 bridgehead atoms. The fourth-order valence-corrected chi connectivity index (χ4v) is 3.57. The highest BCUT2D eigenvalue weighted by molar-refractivity contribution is 5.86. The van der Waals surface area contributed by atoms with Gasteiger partial charge in [-0.1, -0.05) is 42.5 Å². The quantitative estimate of drug-likeness (QED) is 0.914. The molecule has 2 N–H and O–H groups in total. The molecular weight excluding hydrogens is 272 g/mol. The second-order valence-corrected chi connectivity index (χ2v) is 6.59. The van der Waals surface area contributed by atoms with E-state index in [1.165, 1.54) is 16.3 Å². The van der Waals surface area contributed by atoms with Crippen LogP contribution in [0.5, 0.6) is 0 Å². The molecule has 0 aromatic heterocycles. The summed E-state index contributed by atoms with van der Waals surface area (Å²) in [5.74, 6) is 0.840. The van der Waals surface area contributed by atoms with Gasteiger partial charge in [0, 0.05) is 12.0 Å². The van der Waals surface area contributed by atoms with Crippen molar-refractivity contribution < 1.29 is 4.79 Å². The Morgan fingerprint density at radius 3 is 2.64 bits per heavy atom. The van der Waals surface area contributed by atoms with E-state index in [9.17, 15) is 4.79 Å². The topological polar surface area (TPSA) is 41.1 Å². The number of hydrogen-bond acceptors (Lipinski definition) is 2. The summed E-state index contributed by atoms with van der Waals surface area (Å²) >= 11 is 0. The zero-order valence-electron chi connectivity index (χ0n) is 12.7. The summed E-state index contributed by atoms with van der Waals surface area (Å²) in [5, 5.41) is 9.11. The number of carbonyl (C=O) groups is 1. The molecule has 2 unspecified atom stereocenters. The molecule has 4 rings (SSSR count). The minimum atomic E-state index is 0.177. The van der Waals surface area contributed by atoms with Gasteiger partial charge in [0.15, 0.2) is 0 Å². The molecule has 2 aromatic rings. The van der Waals surface area contributed by atoms with Crippen LogP contribution in [-0.2, 0) is 4.79 Å². The van der Waals surface area contributed by atoms with Gasteiger partial charge >= 0.3 is 0 Å². The maximum Gasteiger partial charge on any atom is 0.223 e. The molecule has 22 heavy (non-hydrogen) atoms. The molecule has 3 heteroatoms. The molecule has 3 nitrogen and oxygen atoms in total. The van der Waals surface area contributed by atoms with Crippen LogP contribution in [-0.4, -0.2) is 25.0 Å². The van der Waals surface area contributed by atoms with Gasteiger partial charge in [0.1, 0.15) is 0 Å². The smallest absolute Gasteiger partial charge is 0.223 e. The van der Waals surface area contributed by atoms with E-state index in [4.69, 9.17) is 0 Å². The molecule has 2 aliphatic rings. The maximum absolute atomic E-state index is 12.4. The van der Waals surface area contributed by atoms with Crippen molar-refractivity contribution in [1.82, 2.24) is 10.6 Å². The Kier molecular flexibility index (Phi) is 3.59. The summed E-state index contributed by atoms with van der Waals surface area (Å²) in [6, 6.07) is 15.4. The summed E-state index contributed by atoms with van der Waals surface area (Å²) in [6.45, 7) is 2.04. The largest absolute Gasteiger partial charge is 0.353 e. The third-order valence-electron chi connectivity index (χ3n) is 5.01. The van der Waals surface area contributed by atoms with E-state index < -0.39 is 0 Å². The predicted octanol–water partition coefficient (Wildman–Crippen LogP) is 2.81. The van der Waals surface area contributed by atoms with Gasteiger partial charge in [0.2, 0.25) is 5.91 Å². The molecule has 1 heterocycles. The Bertz CT molecular complexity index is 691. The number of rotatable bonds is 3. The van der Waals surface area contributed by atoms with Gasteiger partial charge in [0.05, 0.1) is 0 Å². The van der Waals surface area contributed by atoms with Crippen LogP contribution in [0.15, 0.2) is 42.5 Å². The molecule has 1 saturated heterocycles. The van der Waals surface area contributed by atoms with E-state index >= 15 is 0 Å². The van der Waals surface area contributed by atoms with Crippen LogP contribution in [0.3, 0.4) is 0 Å². The van der Waals surface area contributed by atoms with E-state index in [-0.39, 0.29) is 11.8 Å². The lowest BCUT2D eigenvalue weighted by Crippen LogP contribution is -2.43. The lowest BCUT2D eigenvalue weighted by molar-refractivity contribution is -0.123. The summed E-state index contributed by atoms with van der Waals surface area (Å²) in [4.78, 5) is 12.4. The van der Waals surface area contributed by atoms with Crippen molar-refractivity contribution in [2.75, 3.05) is 13.1 Å². The third kappa shape index (κ3) is 2.73. The van der Waals surface area contributed by atoms with Crippen molar-refractivity contribution in [2.45, 2.75) is 31.2 Å². The second-order valence-electron chi connectivity index (χ2n) is 6.59. The van der Waals surface area contributed by atoms with Gasteiger partial charge in [-0.25, -0.2) is 0 Å². The van der Waals surface area contributed by atoms with Crippen molar-refractivity contribution in [3.05, 3.63) is 48.0 Å². The van der Waals surface area contributed by atoms with Crippen LogP contribution in [0.25, 0.3) is 10.8 Å². The third-order valence-corrected chi connectivity index (χ3v) is 5.01. The SMILES string of the molecule is O=C(NC1CCNCC1)C1CC1c1ccc2ccccc2c1. The molecule has 0 spiro atoms. The first-order chi connectivity index (χ1) is 10.8. The standard InChI is InChI=1S/C19H22N2O/c22-19(21-16-7-9-20-10-8-16)18-12-17(18)15-6-5-13-3-1-2-4-14(13)11-15/h1-6,11,16-18,20H,7-10,12H2,(H,21,22). The van der Waals surface area contributed by atoms with Gasteiger partial charge in [0.25, 0.3) is 0 Å². The van der Waals surface area contributed by atoms with Crippen LogP contribution >= 0.6 is 0 Å². The van der Waals surface area contributed by atoms with Crippen molar-refractivity contribution >= 4 is 16.7 Å². The van der Waals surface area contributed by atoms with Crippen LogP contribution in [0.1, 0.15) is 30.7 Å². The number of carbonyl (C=O) groups excluding carboxylic acids is 1. The van der Waals surface area contributed by atoms with Gasteiger partial charge < -0.3 is 10.6 Å². The number of amides is 1. The molecular formula is C19H22N2O. The summed E-state index contributed by atoms with van der Waals surface area (Å²) in [5.41, 5.74) is 1.31. The van der Waals surface area contributed by atoms with Crippen LogP contribution in [0, 0.1) is 5.92 Å². The minimum absolute atomic E-state index is 0.177. The first-order valence-electron chi connectivity index (χ1n) is 8.31. The molecule has 2 aromatic carbocycles. The number of nitrogens with one attached hydrogen (secondary N) is 2. The lowest BCUT2D eigenvalue weighted by Gasteiger charge is -2.23. The highest BCUT2D eigenvalue weighted by Gasteiger charge is 2.44. The highest BCUT2D eigenvalue weighted by atomic mass is 16.2. The Morgan fingerprint density at radius 2 is 1.82 bits per heavy atom. The van der Waals surface area contributed by atoms with Gasteiger partial charge in [-0.2, -0.15) is 0 Å². The summed E-state index contributed by atoms with van der Waals surface area (Å²) in [6.07, 6.45) is 3.10. The normalized spacial score (nSPS) is 25.1. The Labute approximate surface area is 131 Å². The fraction of sp³-hybridized carbons (Fsp3) is 0.421. The van der Waals surface area contributed by atoms with E-state index in [1.54, 1.807) is 0 Å². The number of fused-ring (bicyclic) bond motifs is 1. The van der Waals surface area contributed by atoms with Crippen LogP contribution in [0.2, 0.25) is 0 Å². The van der Waals surface area contributed by atoms with Crippen molar-refractivity contribution in [3.63, 3.8) is 0 Å². The predicted molar refractivity (Wildman–Crippen MR) is 88.8 cm³/mol. The van der Waals surface area contributed by atoms with E-state index in [0.717, 1.165) is 32.4 Å². The molecule has 1 aliphatic heterocycles. The van der Waals surface area contributed by atoms with Crippen molar-refractivity contribution in [1.29, 1.82) is 0 Å². The fourth-order valence-electron chi connectivity index (χ4n) is 3.57. The average Bonchev–Trinajstić information content (AvgIpc) is 3.36. The number of hydrogen-bond donors (Lipinski definition) is 2. The zero-order chi connectivity index (χ0) is 14.9. The first-order valence-corrected chi connectivity index (χ1v) is 8.31. The molecule has 1 saturated carbocycles. The Hall–Kier alpha value is -1.87. The molecule has 1 amide bonds. The van der Waals surface area contributed by atoms with Crippen LogP contribution < -0.4 is 10.6 Å². The van der Waals surface area contributed by atoms with Gasteiger partial charge in [-0.15, -0.1) is 0 Å². The van der Waals surface area contributed by atoms with Crippen molar-refractivity contribution in [3.8, 4) is 0 Å². The highest BCUT2D eigenvalue weighted by Crippen LogP contribution is 2.48. The number of benzene rings is 2. The monoisotopic (exact) mass is 294 g/mol. The number of piperidine rings is 1. The van der Waals surface area contributed by atoms with Gasteiger partial charge in [-0.05, 0) is 54.6 Å². The van der Waals surface area contributed by atoms with E-state index in [2.05, 4.69) is 53.1 Å². The maximum atomic E-state index is 12.4. The van der Waals surface area contributed by atoms with Gasteiger partial charge in [-0.3, -0.25) is 4.79 Å².